The first kappa shape index (κ1) is 21.0. The number of imidazole rings is 1. The van der Waals surface area contributed by atoms with Gasteiger partial charge in [0.1, 0.15) is 18.2 Å². The molecule has 31 heavy (non-hydrogen) atoms. The molecule has 6 heteroatoms. The second-order valence-corrected chi connectivity index (χ2v) is 8.10. The highest BCUT2D eigenvalue weighted by Crippen LogP contribution is 2.34. The van der Waals surface area contributed by atoms with E-state index in [0.29, 0.717) is 12.2 Å². The first-order valence-electron chi connectivity index (χ1n) is 10.7. The fourth-order valence-corrected chi connectivity index (χ4v) is 4.30. The maximum absolute atomic E-state index is 8.93. The van der Waals surface area contributed by atoms with Gasteiger partial charge in [0.25, 0.3) is 0 Å². The van der Waals surface area contributed by atoms with Crippen molar-refractivity contribution in [2.75, 3.05) is 19.6 Å². The molecule has 2 N–H and O–H groups in total. The standard InChI is InChI=1S/C25H28N6/c1-18-3-6-24-19(2)21(5-7-23(18)24)9-11-30(12-10-26)15-20-4-8-25(28-14-20)31-16-22(13-27)29-17-31/h4-5,7-8,14,16-17H,1,3,6,9-12,15,26H2,2H3. The van der Waals surface area contributed by atoms with E-state index < -0.39 is 0 Å². The molecule has 0 bridgehead atoms. The van der Waals surface area contributed by atoms with Gasteiger partial charge in [-0.3, -0.25) is 9.47 Å². The van der Waals surface area contributed by atoms with Crippen molar-refractivity contribution in [2.24, 2.45) is 5.73 Å². The highest BCUT2D eigenvalue weighted by Gasteiger charge is 2.18. The van der Waals surface area contributed by atoms with Gasteiger partial charge in [-0.1, -0.05) is 24.8 Å². The van der Waals surface area contributed by atoms with E-state index >= 15 is 0 Å². The Labute approximate surface area is 183 Å². The number of nitrogens with two attached hydrogens (primary N) is 1. The van der Waals surface area contributed by atoms with E-state index in [9.17, 15) is 0 Å². The zero-order chi connectivity index (χ0) is 21.8. The van der Waals surface area contributed by atoms with Crippen molar-refractivity contribution in [1.29, 1.82) is 5.26 Å². The van der Waals surface area contributed by atoms with Crippen LogP contribution in [0.25, 0.3) is 11.4 Å². The number of nitriles is 1. The molecule has 0 unspecified atom stereocenters. The number of benzene rings is 1. The summed E-state index contributed by atoms with van der Waals surface area (Å²) in [5.41, 5.74) is 14.3. The van der Waals surface area contributed by atoms with Crippen LogP contribution < -0.4 is 5.73 Å². The van der Waals surface area contributed by atoms with Crippen molar-refractivity contribution in [3.05, 3.63) is 83.1 Å². The summed E-state index contributed by atoms with van der Waals surface area (Å²) < 4.78 is 1.76. The van der Waals surface area contributed by atoms with Crippen LogP contribution in [0.2, 0.25) is 0 Å². The number of hydrogen-bond acceptors (Lipinski definition) is 5. The van der Waals surface area contributed by atoms with Gasteiger partial charge in [-0.05, 0) is 65.6 Å². The normalized spacial score (nSPS) is 12.9. The third-order valence-electron chi connectivity index (χ3n) is 6.09. The summed E-state index contributed by atoms with van der Waals surface area (Å²) in [6.45, 7) is 9.67. The first-order valence-corrected chi connectivity index (χ1v) is 10.7. The topological polar surface area (TPSA) is 83.8 Å². The van der Waals surface area contributed by atoms with Crippen LogP contribution in [0.5, 0.6) is 0 Å². The number of allylic oxidation sites excluding steroid dienone is 1. The molecule has 0 saturated heterocycles. The van der Waals surface area contributed by atoms with E-state index in [1.54, 1.807) is 17.1 Å². The zero-order valence-corrected chi connectivity index (χ0v) is 18.0. The number of fused-ring (bicyclic) bond motifs is 1. The lowest BCUT2D eigenvalue weighted by Gasteiger charge is -2.22. The summed E-state index contributed by atoms with van der Waals surface area (Å²) in [5, 5.41) is 8.93. The summed E-state index contributed by atoms with van der Waals surface area (Å²) in [6.07, 6.45) is 8.37. The quantitative estimate of drug-likeness (QED) is 0.613. The largest absolute Gasteiger partial charge is 0.329 e. The molecule has 0 spiro atoms. The summed E-state index contributed by atoms with van der Waals surface area (Å²) in [7, 11) is 0. The molecule has 0 radical (unpaired) electrons. The Morgan fingerprint density at radius 3 is 2.77 bits per heavy atom. The van der Waals surface area contributed by atoms with Gasteiger partial charge in [-0.25, -0.2) is 9.97 Å². The molecule has 1 aromatic carbocycles. The molecule has 0 atom stereocenters. The Hall–Kier alpha value is -3.27. The van der Waals surface area contributed by atoms with Crippen molar-refractivity contribution in [3.63, 3.8) is 0 Å². The van der Waals surface area contributed by atoms with Gasteiger partial charge in [0.15, 0.2) is 5.69 Å². The molecule has 3 aromatic rings. The minimum Gasteiger partial charge on any atom is -0.329 e. The van der Waals surface area contributed by atoms with Crippen molar-refractivity contribution < 1.29 is 0 Å². The smallest absolute Gasteiger partial charge is 0.158 e. The van der Waals surface area contributed by atoms with Gasteiger partial charge in [-0.15, -0.1) is 0 Å². The second-order valence-electron chi connectivity index (χ2n) is 8.10. The van der Waals surface area contributed by atoms with Crippen LogP contribution in [-0.2, 0) is 19.4 Å². The van der Waals surface area contributed by atoms with Gasteiger partial charge < -0.3 is 5.73 Å². The molecular formula is C25H28N6. The van der Waals surface area contributed by atoms with E-state index in [1.165, 1.54) is 27.8 Å². The molecule has 6 nitrogen and oxygen atoms in total. The van der Waals surface area contributed by atoms with E-state index in [1.807, 2.05) is 18.3 Å². The molecule has 0 aliphatic heterocycles. The minimum absolute atomic E-state index is 0.381. The minimum atomic E-state index is 0.381. The van der Waals surface area contributed by atoms with Gasteiger partial charge >= 0.3 is 0 Å². The highest BCUT2D eigenvalue weighted by atomic mass is 15.1. The number of nitrogens with zero attached hydrogens (tertiary/aromatic N) is 5. The van der Waals surface area contributed by atoms with Crippen LogP contribution in [0.4, 0.5) is 0 Å². The Balaban J connectivity index is 1.41. The fraction of sp³-hybridized carbons (Fsp3) is 0.320. The van der Waals surface area contributed by atoms with Crippen molar-refractivity contribution in [2.45, 2.75) is 32.7 Å². The predicted molar refractivity (Wildman–Crippen MR) is 123 cm³/mol. The van der Waals surface area contributed by atoms with Crippen LogP contribution >= 0.6 is 0 Å². The molecule has 4 rings (SSSR count). The zero-order valence-electron chi connectivity index (χ0n) is 18.0. The van der Waals surface area contributed by atoms with Gasteiger partial charge in [0, 0.05) is 38.6 Å². The lowest BCUT2D eigenvalue weighted by molar-refractivity contribution is 0.276. The third-order valence-corrected chi connectivity index (χ3v) is 6.09. The maximum atomic E-state index is 8.93. The van der Waals surface area contributed by atoms with Crippen LogP contribution in [0.1, 0.15) is 39.9 Å². The molecule has 2 aromatic heterocycles. The van der Waals surface area contributed by atoms with Gasteiger partial charge in [0.05, 0.1) is 0 Å². The van der Waals surface area contributed by atoms with Crippen LogP contribution in [-0.4, -0.2) is 39.1 Å². The number of hydrogen-bond donors (Lipinski definition) is 1. The average Bonchev–Trinajstić information content (AvgIpc) is 3.41. The molecule has 158 valence electrons. The summed E-state index contributed by atoms with van der Waals surface area (Å²) in [4.78, 5) is 10.9. The third kappa shape index (κ3) is 4.58. The maximum Gasteiger partial charge on any atom is 0.158 e. The second kappa shape index (κ2) is 9.25. The van der Waals surface area contributed by atoms with Crippen LogP contribution in [0, 0.1) is 18.3 Å². The Kier molecular flexibility index (Phi) is 6.26. The Morgan fingerprint density at radius 2 is 2.06 bits per heavy atom. The summed E-state index contributed by atoms with van der Waals surface area (Å²) in [6, 6.07) is 10.6. The lowest BCUT2D eigenvalue weighted by Crippen LogP contribution is -2.31. The van der Waals surface area contributed by atoms with Gasteiger partial charge in [0.2, 0.25) is 0 Å². The van der Waals surface area contributed by atoms with E-state index in [0.717, 1.165) is 50.3 Å². The molecule has 2 heterocycles. The summed E-state index contributed by atoms with van der Waals surface area (Å²) in [5.74, 6) is 0.749. The van der Waals surface area contributed by atoms with Gasteiger partial charge in [-0.2, -0.15) is 5.26 Å². The van der Waals surface area contributed by atoms with E-state index in [2.05, 4.69) is 46.6 Å². The molecule has 1 aliphatic rings. The molecule has 0 fully saturated rings. The fourth-order valence-electron chi connectivity index (χ4n) is 4.30. The Morgan fingerprint density at radius 1 is 1.19 bits per heavy atom. The van der Waals surface area contributed by atoms with Crippen LogP contribution in [0.15, 0.2) is 49.6 Å². The SMILES string of the molecule is C=C1CCc2c1ccc(CCN(CCN)Cc1ccc(-n3cnc(C#N)c3)nc1)c2C. The number of pyridine rings is 1. The summed E-state index contributed by atoms with van der Waals surface area (Å²) >= 11 is 0. The lowest BCUT2D eigenvalue weighted by atomic mass is 9.96. The molecular weight excluding hydrogens is 384 g/mol. The van der Waals surface area contributed by atoms with E-state index in [-0.39, 0.29) is 0 Å². The van der Waals surface area contributed by atoms with Crippen molar-refractivity contribution in [1.82, 2.24) is 19.4 Å². The predicted octanol–water partition coefficient (Wildman–Crippen LogP) is 3.41. The first-order chi connectivity index (χ1) is 15.1. The average molecular weight is 413 g/mol. The van der Waals surface area contributed by atoms with Crippen molar-refractivity contribution in [3.8, 4) is 11.9 Å². The molecule has 0 saturated carbocycles. The molecule has 1 aliphatic carbocycles. The highest BCUT2D eigenvalue weighted by molar-refractivity contribution is 5.72. The van der Waals surface area contributed by atoms with Crippen molar-refractivity contribution >= 4 is 5.57 Å². The van der Waals surface area contributed by atoms with Crippen LogP contribution in [0.3, 0.4) is 0 Å². The Bertz CT molecular complexity index is 1120. The number of rotatable bonds is 8. The monoisotopic (exact) mass is 412 g/mol. The number of aromatic nitrogens is 3. The van der Waals surface area contributed by atoms with E-state index in [4.69, 9.17) is 11.0 Å². The molecule has 0 amide bonds.